The number of benzene rings is 2. The van der Waals surface area contributed by atoms with Crippen LogP contribution in [0.2, 0.25) is 0 Å². The Morgan fingerprint density at radius 3 is 2.70 bits per heavy atom. The summed E-state index contributed by atoms with van der Waals surface area (Å²) in [5, 5.41) is 10.1. The molecule has 33 heavy (non-hydrogen) atoms. The summed E-state index contributed by atoms with van der Waals surface area (Å²) in [6, 6.07) is 9.42. The SMILES string of the molecule is COc1cc2c3c(c1)C(C)CC(C)(C)N3C(=O)C2=CC(=O)c1cc2ccc(O)cc2oc1=O. The lowest BCUT2D eigenvalue weighted by atomic mass is 9.80. The van der Waals surface area contributed by atoms with Gasteiger partial charge in [-0.1, -0.05) is 6.92 Å². The number of phenolic OH excluding ortho intramolecular Hbond substituents is 1. The molecule has 1 atom stereocenters. The van der Waals surface area contributed by atoms with E-state index < -0.39 is 16.9 Å². The highest BCUT2D eigenvalue weighted by Crippen LogP contribution is 2.53. The summed E-state index contributed by atoms with van der Waals surface area (Å²) < 4.78 is 10.7. The van der Waals surface area contributed by atoms with E-state index in [4.69, 9.17) is 9.15 Å². The minimum Gasteiger partial charge on any atom is -0.508 e. The molecular weight excluding hydrogens is 422 g/mol. The van der Waals surface area contributed by atoms with Crippen LogP contribution in [0.25, 0.3) is 16.5 Å². The number of aromatic hydroxyl groups is 1. The first kappa shape index (κ1) is 21.0. The van der Waals surface area contributed by atoms with Crippen molar-refractivity contribution in [2.45, 2.75) is 38.6 Å². The molecule has 0 radical (unpaired) electrons. The lowest BCUT2D eigenvalue weighted by Crippen LogP contribution is -2.49. The van der Waals surface area contributed by atoms with Gasteiger partial charge in [-0.05, 0) is 68.2 Å². The van der Waals surface area contributed by atoms with Crippen LogP contribution in [0.5, 0.6) is 11.5 Å². The number of nitrogens with zero attached hydrogens (tertiary/aromatic N) is 1. The Bertz CT molecular complexity index is 1450. The highest BCUT2D eigenvalue weighted by Gasteiger charge is 2.47. The number of methoxy groups -OCH3 is 1. The van der Waals surface area contributed by atoms with Crippen LogP contribution in [0.1, 0.15) is 54.6 Å². The summed E-state index contributed by atoms with van der Waals surface area (Å²) in [6.45, 7) is 6.14. The molecule has 3 heterocycles. The van der Waals surface area contributed by atoms with Crippen molar-refractivity contribution in [3.63, 3.8) is 0 Å². The van der Waals surface area contributed by atoms with Crippen LogP contribution in [0.4, 0.5) is 5.69 Å². The highest BCUT2D eigenvalue weighted by atomic mass is 16.5. The summed E-state index contributed by atoms with van der Waals surface area (Å²) in [4.78, 5) is 41.0. The molecule has 1 N–H and O–H groups in total. The average molecular weight is 445 g/mol. The lowest BCUT2D eigenvalue weighted by molar-refractivity contribution is -0.114. The topological polar surface area (TPSA) is 97.1 Å². The number of allylic oxidation sites excluding steroid dienone is 1. The van der Waals surface area contributed by atoms with Gasteiger partial charge in [-0.25, -0.2) is 4.79 Å². The zero-order valence-electron chi connectivity index (χ0n) is 18.8. The van der Waals surface area contributed by atoms with Crippen LogP contribution >= 0.6 is 0 Å². The quantitative estimate of drug-likeness (QED) is 0.365. The molecule has 0 bridgehead atoms. The van der Waals surface area contributed by atoms with Crippen molar-refractivity contribution in [3.8, 4) is 11.5 Å². The molecule has 2 aliphatic heterocycles. The number of hydrogen-bond donors (Lipinski definition) is 1. The molecule has 0 spiro atoms. The van der Waals surface area contributed by atoms with Crippen molar-refractivity contribution >= 4 is 33.9 Å². The van der Waals surface area contributed by atoms with E-state index in [1.165, 1.54) is 24.3 Å². The molecule has 2 aromatic carbocycles. The van der Waals surface area contributed by atoms with E-state index in [1.807, 2.05) is 19.9 Å². The number of amides is 1. The average Bonchev–Trinajstić information content (AvgIpc) is 3.03. The van der Waals surface area contributed by atoms with E-state index in [0.29, 0.717) is 16.7 Å². The molecule has 1 aromatic heterocycles. The van der Waals surface area contributed by atoms with Gasteiger partial charge in [0, 0.05) is 22.6 Å². The predicted molar refractivity (Wildman–Crippen MR) is 124 cm³/mol. The molecule has 0 aliphatic carbocycles. The molecule has 5 rings (SSSR count). The van der Waals surface area contributed by atoms with Gasteiger partial charge < -0.3 is 19.2 Å². The Labute approximate surface area is 189 Å². The van der Waals surface area contributed by atoms with Gasteiger partial charge >= 0.3 is 5.63 Å². The van der Waals surface area contributed by atoms with E-state index in [0.717, 1.165) is 17.7 Å². The van der Waals surface area contributed by atoms with Crippen LogP contribution in [0, 0.1) is 0 Å². The molecule has 7 nitrogen and oxygen atoms in total. The van der Waals surface area contributed by atoms with Gasteiger partial charge in [-0.3, -0.25) is 9.59 Å². The molecule has 168 valence electrons. The number of ether oxygens (including phenoxy) is 1. The normalized spacial score (nSPS) is 19.8. The third-order valence-corrected chi connectivity index (χ3v) is 6.50. The number of carbonyl (C=O) groups excluding carboxylic acids is 2. The van der Waals surface area contributed by atoms with Crippen LogP contribution in [0.15, 0.2) is 51.7 Å². The summed E-state index contributed by atoms with van der Waals surface area (Å²) in [6.07, 6.45) is 1.98. The van der Waals surface area contributed by atoms with Gasteiger partial charge in [0.05, 0.1) is 18.4 Å². The number of rotatable bonds is 3. The number of carbonyl (C=O) groups is 2. The first-order valence-electron chi connectivity index (χ1n) is 10.7. The van der Waals surface area contributed by atoms with E-state index >= 15 is 0 Å². The monoisotopic (exact) mass is 445 g/mol. The molecular formula is C26H23NO6. The van der Waals surface area contributed by atoms with Crippen molar-refractivity contribution in [2.75, 3.05) is 12.0 Å². The third kappa shape index (κ3) is 3.15. The maximum atomic E-state index is 13.5. The van der Waals surface area contributed by atoms with Gasteiger partial charge in [0.2, 0.25) is 0 Å². The number of phenols is 1. The molecule has 1 unspecified atom stereocenters. The maximum absolute atomic E-state index is 13.5. The predicted octanol–water partition coefficient (Wildman–Crippen LogP) is 4.41. The van der Waals surface area contributed by atoms with Crippen molar-refractivity contribution in [3.05, 3.63) is 69.6 Å². The van der Waals surface area contributed by atoms with Crippen LogP contribution < -0.4 is 15.3 Å². The Morgan fingerprint density at radius 1 is 1.21 bits per heavy atom. The maximum Gasteiger partial charge on any atom is 0.347 e. The molecule has 1 amide bonds. The first-order chi connectivity index (χ1) is 15.6. The molecule has 3 aromatic rings. The van der Waals surface area contributed by atoms with Crippen LogP contribution in [0.3, 0.4) is 0 Å². The van der Waals surface area contributed by atoms with Crippen molar-refractivity contribution in [1.82, 2.24) is 0 Å². The molecule has 7 heteroatoms. The van der Waals surface area contributed by atoms with Gasteiger partial charge in [-0.15, -0.1) is 0 Å². The number of anilines is 1. The van der Waals surface area contributed by atoms with Crippen LogP contribution in [-0.2, 0) is 4.79 Å². The highest BCUT2D eigenvalue weighted by molar-refractivity contribution is 6.36. The zero-order valence-corrected chi connectivity index (χ0v) is 18.8. The van der Waals surface area contributed by atoms with Crippen LogP contribution in [-0.4, -0.2) is 29.4 Å². The van der Waals surface area contributed by atoms with Crippen molar-refractivity contribution in [2.24, 2.45) is 0 Å². The van der Waals surface area contributed by atoms with Crippen molar-refractivity contribution < 1.29 is 23.8 Å². The summed E-state index contributed by atoms with van der Waals surface area (Å²) in [5.41, 5.74) is 1.37. The van der Waals surface area contributed by atoms with E-state index in [1.54, 1.807) is 24.1 Å². The minimum atomic E-state index is -0.831. The summed E-state index contributed by atoms with van der Waals surface area (Å²) >= 11 is 0. The smallest absolute Gasteiger partial charge is 0.347 e. The molecule has 0 fully saturated rings. The Morgan fingerprint density at radius 2 is 1.97 bits per heavy atom. The number of fused-ring (bicyclic) bond motifs is 1. The Kier molecular flexibility index (Phi) is 4.50. The second-order valence-corrected chi connectivity index (χ2v) is 9.26. The fraction of sp³-hybridized carbons (Fsp3) is 0.269. The number of hydrogen-bond acceptors (Lipinski definition) is 6. The van der Waals surface area contributed by atoms with E-state index in [9.17, 15) is 19.5 Å². The molecule has 0 saturated heterocycles. The van der Waals surface area contributed by atoms with Gasteiger partial charge in [0.1, 0.15) is 22.6 Å². The first-order valence-corrected chi connectivity index (χ1v) is 10.7. The lowest BCUT2D eigenvalue weighted by Gasteiger charge is -2.43. The van der Waals surface area contributed by atoms with Gasteiger partial charge in [0.15, 0.2) is 5.78 Å². The van der Waals surface area contributed by atoms with Gasteiger partial charge in [0.25, 0.3) is 5.91 Å². The standard InChI is InChI=1S/C26H23NO6/c1-13-12-26(2,3)27-23-17(13)9-16(32-4)10-18(23)19(24(27)30)11-21(29)20-7-14-5-6-15(28)8-22(14)33-25(20)31/h5-11,13,28H,12H2,1-4H3. The second kappa shape index (κ2) is 7.07. The number of ketones is 1. The molecule has 2 aliphatic rings. The Balaban J connectivity index is 1.68. The van der Waals surface area contributed by atoms with E-state index in [-0.39, 0.29) is 34.3 Å². The largest absolute Gasteiger partial charge is 0.508 e. The summed E-state index contributed by atoms with van der Waals surface area (Å²) in [7, 11) is 1.56. The van der Waals surface area contributed by atoms with E-state index in [2.05, 4.69) is 6.92 Å². The fourth-order valence-electron chi connectivity index (χ4n) is 5.06. The Hall–Kier alpha value is -3.87. The minimum absolute atomic E-state index is 0.0489. The second-order valence-electron chi connectivity index (χ2n) is 9.26. The summed E-state index contributed by atoms with van der Waals surface area (Å²) in [5.74, 6) is -0.142. The zero-order chi connectivity index (χ0) is 23.7. The molecule has 0 saturated carbocycles. The third-order valence-electron chi connectivity index (χ3n) is 6.50. The van der Waals surface area contributed by atoms with Crippen molar-refractivity contribution in [1.29, 1.82) is 0 Å². The fourth-order valence-corrected chi connectivity index (χ4v) is 5.06. The van der Waals surface area contributed by atoms with Gasteiger partial charge in [-0.2, -0.15) is 0 Å².